The van der Waals surface area contributed by atoms with E-state index in [1.165, 1.54) is 0 Å². The second kappa shape index (κ2) is 13.6. The van der Waals surface area contributed by atoms with Crippen molar-refractivity contribution >= 4 is 45.2 Å². The zero-order valence-corrected chi connectivity index (χ0v) is 27.5. The number of likely N-dealkylation sites (tertiary alicyclic amines) is 1. The van der Waals surface area contributed by atoms with Gasteiger partial charge in [0.1, 0.15) is 5.75 Å². The van der Waals surface area contributed by atoms with Gasteiger partial charge in [-0.25, -0.2) is 4.79 Å². The molecular formula is C34H38BrN5O6. The van der Waals surface area contributed by atoms with E-state index in [1.807, 2.05) is 22.8 Å². The van der Waals surface area contributed by atoms with Crippen molar-refractivity contribution in [3.8, 4) is 5.75 Å². The highest BCUT2D eigenvalue weighted by Gasteiger charge is 2.35. The number of nitrogens with zero attached hydrogens (tertiary/aromatic N) is 3. The minimum Gasteiger partial charge on any atom is -0.497 e. The summed E-state index contributed by atoms with van der Waals surface area (Å²) in [5.41, 5.74) is 3.22. The van der Waals surface area contributed by atoms with Crippen molar-refractivity contribution in [1.29, 1.82) is 0 Å². The molecule has 4 heterocycles. The molecule has 0 unspecified atom stereocenters. The zero-order chi connectivity index (χ0) is 32.4. The Hall–Kier alpha value is -4.32. The Balaban J connectivity index is 1.26. The first-order valence-corrected chi connectivity index (χ1v) is 16.5. The molecule has 12 heteroatoms. The maximum atomic E-state index is 13.7. The fraction of sp³-hybridized carbons (Fsp3) is 0.412. The number of nitrogens with one attached hydrogen (secondary N) is 2. The fourth-order valence-electron chi connectivity index (χ4n) is 6.83. The molecule has 0 spiro atoms. The zero-order valence-electron chi connectivity index (χ0n) is 26.0. The molecule has 242 valence electrons. The number of fused-ring (bicyclic) bond motifs is 4. The second-order valence-corrected chi connectivity index (χ2v) is 12.9. The predicted molar refractivity (Wildman–Crippen MR) is 178 cm³/mol. The summed E-state index contributed by atoms with van der Waals surface area (Å²) in [4.78, 5) is 55.7. The highest BCUT2D eigenvalue weighted by molar-refractivity contribution is 9.10. The van der Waals surface area contributed by atoms with Gasteiger partial charge in [-0.05, 0) is 90.5 Å². The Morgan fingerprint density at radius 2 is 1.78 bits per heavy atom. The monoisotopic (exact) mass is 691 g/mol. The molecule has 3 aliphatic rings. The number of aromatic nitrogens is 1. The molecule has 2 N–H and O–H groups in total. The van der Waals surface area contributed by atoms with Crippen LogP contribution in [0.2, 0.25) is 0 Å². The molecular weight excluding hydrogens is 654 g/mol. The summed E-state index contributed by atoms with van der Waals surface area (Å²) >= 11 is 3.49. The molecule has 46 heavy (non-hydrogen) atoms. The largest absolute Gasteiger partial charge is 0.497 e. The van der Waals surface area contributed by atoms with Crippen molar-refractivity contribution in [2.45, 2.75) is 44.7 Å². The molecule has 3 aromatic rings. The van der Waals surface area contributed by atoms with Crippen LogP contribution in [0.3, 0.4) is 0 Å². The van der Waals surface area contributed by atoms with Crippen LogP contribution in [0.25, 0.3) is 0 Å². The molecule has 0 saturated carbocycles. The van der Waals surface area contributed by atoms with Crippen LogP contribution in [0.15, 0.2) is 63.9 Å². The lowest BCUT2D eigenvalue weighted by atomic mass is 9.83. The molecule has 2 fully saturated rings. The number of amides is 3. The van der Waals surface area contributed by atoms with Crippen molar-refractivity contribution in [3.05, 3.63) is 86.2 Å². The van der Waals surface area contributed by atoms with Crippen LogP contribution in [0.4, 0.5) is 16.2 Å². The molecule has 2 aromatic carbocycles. The Bertz CT molecular complexity index is 1700. The van der Waals surface area contributed by atoms with E-state index in [0.29, 0.717) is 79.2 Å². The van der Waals surface area contributed by atoms with E-state index in [2.05, 4.69) is 31.5 Å². The van der Waals surface area contributed by atoms with Gasteiger partial charge < -0.3 is 34.5 Å². The standard InChI is InChI=1S/C34H38BrN5O6/c1-3-46-34(44)38-13-11-24(12-14-38)36-32(42)22-7-10-30(28(16-22)37-33(43)26-17-25(45-2)8-9-27(26)35)39-18-21-15-23(20-39)29-5-4-6-31(41)40(29)19-21/h4-10,16-17,21,23-24H,3,11-15,18-20H2,1-2H3,(H,36,42)(H,37,43)/t21-,23+/m1/s1. The number of hydrogen-bond donors (Lipinski definition) is 2. The first-order valence-electron chi connectivity index (χ1n) is 15.7. The van der Waals surface area contributed by atoms with Gasteiger partial charge in [0.15, 0.2) is 0 Å². The molecule has 0 aliphatic carbocycles. The van der Waals surface area contributed by atoms with Crippen molar-refractivity contribution in [1.82, 2.24) is 14.8 Å². The molecule has 3 aliphatic heterocycles. The van der Waals surface area contributed by atoms with E-state index in [4.69, 9.17) is 9.47 Å². The van der Waals surface area contributed by atoms with Gasteiger partial charge in [0.05, 0.1) is 30.7 Å². The normalized spacial score (nSPS) is 19.2. The third-order valence-electron chi connectivity index (χ3n) is 9.10. The number of ether oxygens (including phenoxy) is 2. The van der Waals surface area contributed by atoms with Gasteiger partial charge >= 0.3 is 6.09 Å². The second-order valence-electron chi connectivity index (χ2n) is 12.1. The molecule has 0 radical (unpaired) electrons. The summed E-state index contributed by atoms with van der Waals surface area (Å²) in [6, 6.07) is 16.0. The first-order chi connectivity index (χ1) is 22.2. The van der Waals surface area contributed by atoms with Gasteiger partial charge in [0.2, 0.25) is 0 Å². The van der Waals surface area contributed by atoms with Gasteiger partial charge in [-0.15, -0.1) is 0 Å². The van der Waals surface area contributed by atoms with Crippen LogP contribution in [-0.2, 0) is 11.3 Å². The van der Waals surface area contributed by atoms with Crippen molar-refractivity contribution in [2.24, 2.45) is 5.92 Å². The summed E-state index contributed by atoms with van der Waals surface area (Å²) in [5.74, 6) is 0.397. The topological polar surface area (TPSA) is 122 Å². The maximum Gasteiger partial charge on any atom is 0.409 e. The smallest absolute Gasteiger partial charge is 0.409 e. The lowest BCUT2D eigenvalue weighted by Gasteiger charge is -2.44. The third kappa shape index (κ3) is 6.62. The highest BCUT2D eigenvalue weighted by Crippen LogP contribution is 2.39. The third-order valence-corrected chi connectivity index (χ3v) is 9.79. The Morgan fingerprint density at radius 3 is 2.54 bits per heavy atom. The number of benzene rings is 2. The van der Waals surface area contributed by atoms with E-state index in [1.54, 1.807) is 55.3 Å². The SMILES string of the molecule is CCOC(=O)N1CCC(NC(=O)c2ccc(N3C[C@H]4C[C@@H](C3)c3cccc(=O)n3C4)c(NC(=O)c3cc(OC)ccc3Br)c2)CC1. The van der Waals surface area contributed by atoms with Crippen molar-refractivity contribution in [3.63, 3.8) is 0 Å². The van der Waals surface area contributed by atoms with Gasteiger partial charge in [-0.2, -0.15) is 0 Å². The number of pyridine rings is 1. The van der Waals surface area contributed by atoms with Crippen LogP contribution < -0.4 is 25.8 Å². The number of carbonyl (C=O) groups is 3. The number of piperidine rings is 2. The van der Waals surface area contributed by atoms with E-state index in [0.717, 1.165) is 17.8 Å². The Labute approximate surface area is 276 Å². The maximum absolute atomic E-state index is 13.7. The average Bonchev–Trinajstić information content (AvgIpc) is 3.05. The first kappa shape index (κ1) is 31.7. The fourth-order valence-corrected chi connectivity index (χ4v) is 7.26. The minimum atomic E-state index is -0.343. The molecule has 1 aromatic heterocycles. The van der Waals surface area contributed by atoms with E-state index >= 15 is 0 Å². The lowest BCUT2D eigenvalue weighted by molar-refractivity contribution is 0.0859. The molecule has 2 bridgehead atoms. The van der Waals surface area contributed by atoms with Crippen LogP contribution in [0, 0.1) is 5.92 Å². The van der Waals surface area contributed by atoms with Crippen LogP contribution >= 0.6 is 15.9 Å². The Kier molecular flexibility index (Phi) is 9.34. The number of carbonyl (C=O) groups excluding carboxylic acids is 3. The Morgan fingerprint density at radius 1 is 0.978 bits per heavy atom. The summed E-state index contributed by atoms with van der Waals surface area (Å²) in [6.45, 7) is 5.16. The number of methoxy groups -OCH3 is 1. The van der Waals surface area contributed by atoms with Crippen LogP contribution in [0.5, 0.6) is 5.75 Å². The average molecular weight is 693 g/mol. The highest BCUT2D eigenvalue weighted by atomic mass is 79.9. The molecule has 2 atom stereocenters. The van der Waals surface area contributed by atoms with Gasteiger partial charge in [-0.1, -0.05) is 6.07 Å². The van der Waals surface area contributed by atoms with Crippen LogP contribution in [0.1, 0.15) is 58.5 Å². The van der Waals surface area contributed by atoms with Crippen molar-refractivity contribution in [2.75, 3.05) is 50.1 Å². The predicted octanol–water partition coefficient (Wildman–Crippen LogP) is 4.85. The molecule has 3 amide bonds. The lowest BCUT2D eigenvalue weighted by Crippen LogP contribution is -2.47. The number of anilines is 2. The van der Waals surface area contributed by atoms with E-state index in [-0.39, 0.29) is 41.3 Å². The van der Waals surface area contributed by atoms with Crippen LogP contribution in [-0.4, -0.2) is 73.3 Å². The number of halogens is 1. The number of rotatable bonds is 7. The van der Waals surface area contributed by atoms with Gasteiger partial charge in [0.25, 0.3) is 17.4 Å². The van der Waals surface area contributed by atoms with Gasteiger partial charge in [0, 0.05) is 66.5 Å². The molecule has 11 nitrogen and oxygen atoms in total. The molecule has 2 saturated heterocycles. The van der Waals surface area contributed by atoms with Crippen molar-refractivity contribution < 1.29 is 23.9 Å². The summed E-state index contributed by atoms with van der Waals surface area (Å²) in [7, 11) is 1.55. The number of hydrogen-bond acceptors (Lipinski definition) is 7. The summed E-state index contributed by atoms with van der Waals surface area (Å²) < 4.78 is 13.0. The quantitative estimate of drug-likeness (QED) is 0.364. The summed E-state index contributed by atoms with van der Waals surface area (Å²) in [6.07, 6.45) is 1.91. The summed E-state index contributed by atoms with van der Waals surface area (Å²) in [5, 5.41) is 6.19. The van der Waals surface area contributed by atoms with Gasteiger partial charge in [-0.3, -0.25) is 14.4 Å². The van der Waals surface area contributed by atoms with E-state index < -0.39 is 0 Å². The minimum absolute atomic E-state index is 0.0272. The molecule has 6 rings (SSSR count). The van der Waals surface area contributed by atoms with E-state index in [9.17, 15) is 19.2 Å².